The minimum atomic E-state index is -3.72. The summed E-state index contributed by atoms with van der Waals surface area (Å²) in [5.41, 5.74) is 2.92. The number of carbonyl (C=O) groups is 1. The average Bonchev–Trinajstić information content (AvgIpc) is 3.44. The summed E-state index contributed by atoms with van der Waals surface area (Å²) in [6.45, 7) is 1.40. The predicted molar refractivity (Wildman–Crippen MR) is 133 cm³/mol. The number of thiazole rings is 1. The molecule has 0 aliphatic carbocycles. The highest BCUT2D eigenvalue weighted by Gasteiger charge is 2.30. The molecule has 6 rings (SSSR count). The van der Waals surface area contributed by atoms with Crippen LogP contribution in [0.15, 0.2) is 70.6 Å². The molecule has 1 aromatic heterocycles. The Hall–Kier alpha value is -3.63. The Balaban J connectivity index is 1.30. The maximum atomic E-state index is 13.2. The molecule has 2 aliphatic rings. The fourth-order valence-electron chi connectivity index (χ4n) is 4.38. The van der Waals surface area contributed by atoms with Crippen LogP contribution in [0.3, 0.4) is 0 Å². The van der Waals surface area contributed by atoms with Gasteiger partial charge in [-0.3, -0.25) is 9.10 Å². The summed E-state index contributed by atoms with van der Waals surface area (Å²) >= 11 is 1.37. The smallest absolute Gasteiger partial charge is 0.279 e. The lowest BCUT2D eigenvalue weighted by molar-refractivity contribution is 0.0998. The zero-order valence-electron chi connectivity index (χ0n) is 18.8. The maximum absolute atomic E-state index is 13.2. The molecule has 0 spiro atoms. The van der Waals surface area contributed by atoms with Gasteiger partial charge in [-0.25, -0.2) is 8.42 Å². The van der Waals surface area contributed by atoms with Gasteiger partial charge < -0.3 is 14.0 Å². The van der Waals surface area contributed by atoms with Crippen LogP contribution in [0.5, 0.6) is 11.5 Å². The van der Waals surface area contributed by atoms with Crippen molar-refractivity contribution in [2.24, 2.45) is 12.0 Å². The van der Waals surface area contributed by atoms with Crippen molar-refractivity contribution in [3.05, 3.63) is 76.6 Å². The fourth-order valence-corrected chi connectivity index (χ4v) is 6.91. The van der Waals surface area contributed by atoms with Crippen molar-refractivity contribution in [2.75, 3.05) is 24.1 Å². The van der Waals surface area contributed by atoms with E-state index in [0.717, 1.165) is 15.8 Å². The van der Waals surface area contributed by atoms with E-state index in [1.54, 1.807) is 0 Å². The van der Waals surface area contributed by atoms with E-state index in [0.29, 0.717) is 53.7 Å². The molecular formula is C25H21N3O5S2. The van der Waals surface area contributed by atoms with Crippen molar-refractivity contribution in [1.29, 1.82) is 0 Å². The topological polar surface area (TPSA) is 90.2 Å². The number of amides is 1. The summed E-state index contributed by atoms with van der Waals surface area (Å²) in [5.74, 6) is 0.910. The Morgan fingerprint density at radius 1 is 1.00 bits per heavy atom. The lowest BCUT2D eigenvalue weighted by Crippen LogP contribution is -2.29. The number of hydrogen-bond donors (Lipinski definition) is 0. The number of ether oxygens (including phenoxy) is 2. The van der Waals surface area contributed by atoms with Gasteiger partial charge in [-0.15, -0.1) is 0 Å². The normalized spacial score (nSPS) is 15.5. The first-order chi connectivity index (χ1) is 16.9. The third-order valence-corrected chi connectivity index (χ3v) is 9.13. The third kappa shape index (κ3) is 3.69. The number of hydrogen-bond acceptors (Lipinski definition) is 6. The van der Waals surface area contributed by atoms with Crippen molar-refractivity contribution in [3.63, 3.8) is 0 Å². The van der Waals surface area contributed by atoms with E-state index in [9.17, 15) is 13.2 Å². The summed E-state index contributed by atoms with van der Waals surface area (Å²) in [6, 6.07) is 17.2. The van der Waals surface area contributed by atoms with E-state index in [1.807, 2.05) is 48.0 Å². The quantitative estimate of drug-likeness (QED) is 0.423. The lowest BCUT2D eigenvalue weighted by Gasteiger charge is -2.19. The van der Waals surface area contributed by atoms with E-state index in [1.165, 1.54) is 39.9 Å². The van der Waals surface area contributed by atoms with Crippen molar-refractivity contribution >= 4 is 43.2 Å². The molecule has 0 saturated carbocycles. The molecule has 0 atom stereocenters. The number of nitrogens with zero attached hydrogens (tertiary/aromatic N) is 3. The number of aryl methyl sites for hydroxylation is 1. The second-order valence-electron chi connectivity index (χ2n) is 8.30. The van der Waals surface area contributed by atoms with E-state index in [-0.39, 0.29) is 4.90 Å². The number of sulfonamides is 1. The fraction of sp³-hybridized carbons (Fsp3) is 0.200. The second-order valence-corrected chi connectivity index (χ2v) is 11.2. The zero-order chi connectivity index (χ0) is 24.2. The molecule has 0 saturated heterocycles. The van der Waals surface area contributed by atoms with E-state index in [4.69, 9.17) is 9.47 Å². The molecule has 0 unspecified atom stereocenters. The summed E-state index contributed by atoms with van der Waals surface area (Å²) in [7, 11) is -1.88. The van der Waals surface area contributed by atoms with Gasteiger partial charge in [0.2, 0.25) is 0 Å². The van der Waals surface area contributed by atoms with Gasteiger partial charge in [0.15, 0.2) is 16.3 Å². The highest BCUT2D eigenvalue weighted by molar-refractivity contribution is 7.92. The molecule has 4 aromatic rings. The number of carbonyl (C=O) groups excluding carboxylic acids is 1. The van der Waals surface area contributed by atoms with E-state index < -0.39 is 15.9 Å². The number of rotatable bonds is 3. The van der Waals surface area contributed by atoms with E-state index >= 15 is 0 Å². The number of fused-ring (bicyclic) bond motifs is 3. The van der Waals surface area contributed by atoms with Crippen LogP contribution >= 0.6 is 11.3 Å². The standard InChI is InChI=1S/C25H21N3O5S2/c1-27-20-14-21-22(33-13-12-32-21)15-23(20)34-25(27)26-24(29)17-6-8-18(9-7-17)35(30,31)28-11-10-16-4-2-3-5-19(16)28/h2-9,14-15H,10-13H2,1H3. The number of aromatic nitrogens is 1. The van der Waals surface area contributed by atoms with Crippen LogP contribution in [0.4, 0.5) is 5.69 Å². The largest absolute Gasteiger partial charge is 0.486 e. The number of para-hydroxylation sites is 1. The second kappa shape index (κ2) is 8.24. The highest BCUT2D eigenvalue weighted by atomic mass is 32.2. The van der Waals surface area contributed by atoms with Gasteiger partial charge >= 0.3 is 0 Å². The molecule has 178 valence electrons. The van der Waals surface area contributed by atoms with E-state index in [2.05, 4.69) is 4.99 Å². The summed E-state index contributed by atoms with van der Waals surface area (Å²) in [4.78, 5) is 17.9. The molecule has 1 amide bonds. The molecule has 2 aliphatic heterocycles. The Labute approximate surface area is 205 Å². The van der Waals surface area contributed by atoms with Crippen LogP contribution < -0.4 is 18.6 Å². The molecule has 0 bridgehead atoms. The van der Waals surface area contributed by atoms with Gasteiger partial charge in [0, 0.05) is 31.3 Å². The molecular weight excluding hydrogens is 486 g/mol. The molecule has 0 radical (unpaired) electrons. The first-order valence-electron chi connectivity index (χ1n) is 11.1. The maximum Gasteiger partial charge on any atom is 0.279 e. The van der Waals surface area contributed by atoms with Crippen molar-refractivity contribution in [1.82, 2.24) is 4.57 Å². The minimum Gasteiger partial charge on any atom is -0.486 e. The molecule has 3 aromatic carbocycles. The summed E-state index contributed by atoms with van der Waals surface area (Å²) in [6.07, 6.45) is 0.679. The minimum absolute atomic E-state index is 0.142. The van der Waals surface area contributed by atoms with Crippen LogP contribution in [0, 0.1) is 0 Å². The van der Waals surface area contributed by atoms with Gasteiger partial charge in [-0.1, -0.05) is 29.5 Å². The molecule has 8 nitrogen and oxygen atoms in total. The Kier molecular flexibility index (Phi) is 5.15. The Bertz CT molecular complexity index is 1650. The van der Waals surface area contributed by atoms with Gasteiger partial charge in [0.25, 0.3) is 15.9 Å². The number of anilines is 1. The first-order valence-corrected chi connectivity index (χ1v) is 13.4. The van der Waals surface area contributed by atoms with Crippen molar-refractivity contribution < 1.29 is 22.7 Å². The Morgan fingerprint density at radius 3 is 2.49 bits per heavy atom. The Morgan fingerprint density at radius 2 is 1.71 bits per heavy atom. The molecule has 35 heavy (non-hydrogen) atoms. The molecule has 10 heteroatoms. The summed E-state index contributed by atoms with van der Waals surface area (Å²) in [5, 5.41) is 0. The van der Waals surface area contributed by atoms with Crippen LogP contribution in [0.25, 0.3) is 10.2 Å². The van der Waals surface area contributed by atoms with Crippen LogP contribution in [0.2, 0.25) is 0 Å². The van der Waals surface area contributed by atoms with Crippen LogP contribution in [-0.2, 0) is 23.5 Å². The van der Waals surface area contributed by atoms with Crippen LogP contribution in [0.1, 0.15) is 15.9 Å². The van der Waals surface area contributed by atoms with Crippen molar-refractivity contribution in [3.8, 4) is 11.5 Å². The van der Waals surface area contributed by atoms with Gasteiger partial charge in [-0.05, 0) is 42.3 Å². The first kappa shape index (κ1) is 21.9. The SMILES string of the molecule is Cn1c(=NC(=O)c2ccc(S(=O)(=O)N3CCc4ccccc43)cc2)sc2cc3c(cc21)OCCO3. The monoisotopic (exact) mass is 507 g/mol. The predicted octanol–water partition coefficient (Wildman–Crippen LogP) is 3.50. The van der Waals surface area contributed by atoms with Gasteiger partial charge in [0.05, 0.1) is 20.8 Å². The molecule has 0 fully saturated rings. The number of benzene rings is 3. The zero-order valence-corrected chi connectivity index (χ0v) is 20.4. The average molecular weight is 508 g/mol. The summed E-state index contributed by atoms with van der Waals surface area (Å²) < 4.78 is 41.9. The lowest BCUT2D eigenvalue weighted by atomic mass is 10.2. The van der Waals surface area contributed by atoms with Crippen molar-refractivity contribution in [2.45, 2.75) is 11.3 Å². The molecule has 3 heterocycles. The third-order valence-electron chi connectivity index (χ3n) is 6.20. The molecule has 0 N–H and O–H groups in total. The van der Waals surface area contributed by atoms with Gasteiger partial charge in [-0.2, -0.15) is 4.99 Å². The van der Waals surface area contributed by atoms with Crippen LogP contribution in [-0.4, -0.2) is 38.7 Å². The highest BCUT2D eigenvalue weighted by Crippen LogP contribution is 2.35. The van der Waals surface area contributed by atoms with Gasteiger partial charge in [0.1, 0.15) is 13.2 Å².